The van der Waals surface area contributed by atoms with Gasteiger partial charge in [-0.05, 0) is 33.1 Å². The smallest absolute Gasteiger partial charge is 0.239 e. The molecule has 1 saturated heterocycles. The molecule has 1 unspecified atom stereocenters. The fraction of sp³-hybridized carbons (Fsp3) is 0.714. The van der Waals surface area contributed by atoms with Crippen LogP contribution in [0.1, 0.15) is 32.0 Å². The highest BCUT2D eigenvalue weighted by atomic mass is 16.2. The van der Waals surface area contributed by atoms with E-state index in [1.165, 1.54) is 6.42 Å². The third kappa shape index (κ3) is 3.80. The van der Waals surface area contributed by atoms with Crippen LogP contribution in [0.15, 0.2) is 12.4 Å². The number of amides is 1. The normalized spacial score (nSPS) is 17.5. The molecule has 106 valence electrons. The summed E-state index contributed by atoms with van der Waals surface area (Å²) in [4.78, 5) is 18.4. The summed E-state index contributed by atoms with van der Waals surface area (Å²) in [6, 6.07) is -0.0954. The molecule has 0 aliphatic carbocycles. The summed E-state index contributed by atoms with van der Waals surface area (Å²) in [5.74, 6) is 1.25. The van der Waals surface area contributed by atoms with Gasteiger partial charge in [0.25, 0.3) is 0 Å². The Bertz CT molecular complexity index is 409. The molecule has 1 atom stereocenters. The maximum absolute atomic E-state index is 12.2. The van der Waals surface area contributed by atoms with E-state index in [-0.39, 0.29) is 11.9 Å². The number of likely N-dealkylation sites (tertiary alicyclic amines) is 1. The number of aromatic nitrogens is 2. The van der Waals surface area contributed by atoms with Crippen molar-refractivity contribution in [2.45, 2.75) is 45.7 Å². The minimum Gasteiger partial charge on any atom is -0.341 e. The van der Waals surface area contributed by atoms with Crippen LogP contribution in [0.3, 0.4) is 0 Å². The molecular weight excluding hydrogens is 240 g/mol. The zero-order valence-corrected chi connectivity index (χ0v) is 11.9. The van der Waals surface area contributed by atoms with Gasteiger partial charge in [0.05, 0.1) is 6.04 Å². The molecule has 1 aliphatic heterocycles. The first-order valence-corrected chi connectivity index (χ1v) is 7.18. The lowest BCUT2D eigenvalue weighted by Crippen LogP contribution is -2.47. The van der Waals surface area contributed by atoms with Gasteiger partial charge >= 0.3 is 0 Å². The van der Waals surface area contributed by atoms with Crippen LogP contribution in [-0.2, 0) is 11.3 Å². The highest BCUT2D eigenvalue weighted by Gasteiger charge is 2.21. The largest absolute Gasteiger partial charge is 0.341 e. The molecule has 1 aromatic rings. The van der Waals surface area contributed by atoms with Crippen LogP contribution >= 0.6 is 0 Å². The van der Waals surface area contributed by atoms with Gasteiger partial charge in [-0.3, -0.25) is 4.79 Å². The van der Waals surface area contributed by atoms with Crippen molar-refractivity contribution >= 4 is 5.91 Å². The number of nitrogens with one attached hydrogen (secondary N) is 1. The zero-order chi connectivity index (χ0) is 13.7. The number of carbonyl (C=O) groups is 1. The van der Waals surface area contributed by atoms with Crippen LogP contribution in [0.4, 0.5) is 0 Å². The molecule has 2 rings (SSSR count). The van der Waals surface area contributed by atoms with Crippen molar-refractivity contribution in [1.29, 1.82) is 0 Å². The first kappa shape index (κ1) is 14.1. The number of aryl methyl sites for hydroxylation is 1. The molecule has 1 aromatic heterocycles. The summed E-state index contributed by atoms with van der Waals surface area (Å²) >= 11 is 0. The van der Waals surface area contributed by atoms with Crippen molar-refractivity contribution in [3.05, 3.63) is 18.2 Å². The van der Waals surface area contributed by atoms with Gasteiger partial charge in [-0.15, -0.1) is 0 Å². The van der Waals surface area contributed by atoms with Crippen molar-refractivity contribution in [2.75, 3.05) is 19.6 Å². The van der Waals surface area contributed by atoms with Crippen molar-refractivity contribution in [1.82, 2.24) is 19.8 Å². The predicted octanol–water partition coefficient (Wildman–Crippen LogP) is 1.18. The molecule has 0 bridgehead atoms. The van der Waals surface area contributed by atoms with Crippen LogP contribution in [-0.4, -0.2) is 46.0 Å². The first-order valence-electron chi connectivity index (χ1n) is 7.18. The summed E-state index contributed by atoms with van der Waals surface area (Å²) in [5, 5.41) is 3.31. The van der Waals surface area contributed by atoms with E-state index < -0.39 is 0 Å². The Labute approximate surface area is 115 Å². The third-order valence-electron chi connectivity index (χ3n) is 3.77. The average Bonchev–Trinajstić information content (AvgIpc) is 2.84. The van der Waals surface area contributed by atoms with Gasteiger partial charge in [-0.2, -0.15) is 0 Å². The van der Waals surface area contributed by atoms with Gasteiger partial charge in [-0.25, -0.2) is 4.98 Å². The summed E-state index contributed by atoms with van der Waals surface area (Å²) in [6.07, 6.45) is 7.32. The number of carbonyl (C=O) groups excluding carboxylic acids is 1. The number of piperidine rings is 1. The van der Waals surface area contributed by atoms with E-state index in [2.05, 4.69) is 14.9 Å². The first-order chi connectivity index (χ1) is 9.18. The van der Waals surface area contributed by atoms with Crippen LogP contribution in [0.25, 0.3) is 0 Å². The van der Waals surface area contributed by atoms with Crippen molar-refractivity contribution in [3.8, 4) is 0 Å². The van der Waals surface area contributed by atoms with Crippen LogP contribution in [0.5, 0.6) is 0 Å². The van der Waals surface area contributed by atoms with Crippen LogP contribution in [0.2, 0.25) is 0 Å². The molecule has 5 nitrogen and oxygen atoms in total. The maximum Gasteiger partial charge on any atom is 0.239 e. The number of imidazole rings is 1. The number of rotatable bonds is 5. The Morgan fingerprint density at radius 3 is 2.79 bits per heavy atom. The van der Waals surface area contributed by atoms with E-state index in [4.69, 9.17) is 0 Å². The van der Waals surface area contributed by atoms with Crippen LogP contribution < -0.4 is 5.32 Å². The average molecular weight is 264 g/mol. The van der Waals surface area contributed by atoms with E-state index in [9.17, 15) is 4.79 Å². The molecule has 19 heavy (non-hydrogen) atoms. The summed E-state index contributed by atoms with van der Waals surface area (Å²) in [5.41, 5.74) is 0. The Morgan fingerprint density at radius 2 is 2.16 bits per heavy atom. The lowest BCUT2D eigenvalue weighted by Gasteiger charge is -2.29. The van der Waals surface area contributed by atoms with Gasteiger partial charge in [0.15, 0.2) is 0 Å². The van der Waals surface area contributed by atoms with Crippen molar-refractivity contribution in [2.24, 2.45) is 0 Å². The van der Waals surface area contributed by atoms with Crippen molar-refractivity contribution in [3.63, 3.8) is 0 Å². The summed E-state index contributed by atoms with van der Waals surface area (Å²) < 4.78 is 2.09. The molecule has 0 spiro atoms. The molecule has 0 radical (unpaired) electrons. The van der Waals surface area contributed by atoms with Gasteiger partial charge in [0, 0.05) is 38.6 Å². The van der Waals surface area contributed by atoms with E-state index in [0.29, 0.717) is 0 Å². The highest BCUT2D eigenvalue weighted by molar-refractivity contribution is 5.81. The second-order valence-electron chi connectivity index (χ2n) is 5.23. The summed E-state index contributed by atoms with van der Waals surface area (Å²) in [7, 11) is 0. The number of hydrogen-bond acceptors (Lipinski definition) is 3. The highest BCUT2D eigenvalue weighted by Crippen LogP contribution is 2.09. The van der Waals surface area contributed by atoms with Crippen molar-refractivity contribution < 1.29 is 4.79 Å². The van der Waals surface area contributed by atoms with Crippen LogP contribution in [0, 0.1) is 6.92 Å². The number of hydrogen-bond donors (Lipinski definition) is 1. The molecule has 1 amide bonds. The molecule has 5 heteroatoms. The molecule has 1 fully saturated rings. The SMILES string of the molecule is Cc1nccn1CCNC(C)C(=O)N1CCCCC1. The van der Waals surface area contributed by atoms with E-state index >= 15 is 0 Å². The topological polar surface area (TPSA) is 50.2 Å². The van der Waals surface area contributed by atoms with Gasteiger partial charge in [0.1, 0.15) is 5.82 Å². The Balaban J connectivity index is 1.73. The van der Waals surface area contributed by atoms with Gasteiger partial charge in [-0.1, -0.05) is 0 Å². The Hall–Kier alpha value is -1.36. The van der Waals surface area contributed by atoms with E-state index in [1.54, 1.807) is 6.20 Å². The zero-order valence-electron chi connectivity index (χ0n) is 11.9. The lowest BCUT2D eigenvalue weighted by molar-refractivity contribution is -0.133. The number of nitrogens with zero attached hydrogens (tertiary/aromatic N) is 3. The minimum atomic E-state index is -0.0954. The second-order valence-corrected chi connectivity index (χ2v) is 5.23. The third-order valence-corrected chi connectivity index (χ3v) is 3.77. The fourth-order valence-corrected chi connectivity index (χ4v) is 2.52. The minimum absolute atomic E-state index is 0.0954. The van der Waals surface area contributed by atoms with E-state index in [0.717, 1.165) is 44.8 Å². The lowest BCUT2D eigenvalue weighted by atomic mass is 10.1. The summed E-state index contributed by atoms with van der Waals surface area (Å²) in [6.45, 7) is 7.43. The predicted molar refractivity (Wildman–Crippen MR) is 74.9 cm³/mol. The standard InChI is InChI=1S/C14H24N4O/c1-12(14(19)18-8-4-3-5-9-18)15-6-10-17-11-7-16-13(17)2/h7,11-12,15H,3-6,8-10H2,1-2H3. The monoisotopic (exact) mass is 264 g/mol. The maximum atomic E-state index is 12.2. The molecule has 1 aliphatic rings. The molecule has 0 saturated carbocycles. The molecular formula is C14H24N4O. The quantitative estimate of drug-likeness (QED) is 0.869. The van der Waals surface area contributed by atoms with Gasteiger partial charge in [0.2, 0.25) is 5.91 Å². The van der Waals surface area contributed by atoms with E-state index in [1.807, 2.05) is 24.9 Å². The molecule has 2 heterocycles. The second kappa shape index (κ2) is 6.70. The molecule has 1 N–H and O–H groups in total. The fourth-order valence-electron chi connectivity index (χ4n) is 2.52. The molecule has 0 aromatic carbocycles. The Kier molecular flexibility index (Phi) is 4.96. The van der Waals surface area contributed by atoms with Gasteiger partial charge < -0.3 is 14.8 Å². The Morgan fingerprint density at radius 1 is 1.42 bits per heavy atom.